The van der Waals surface area contributed by atoms with E-state index < -0.39 is 0 Å². The van der Waals surface area contributed by atoms with Gasteiger partial charge >= 0.3 is 0 Å². The van der Waals surface area contributed by atoms with E-state index in [-0.39, 0.29) is 20.3 Å². The Hall–Kier alpha value is -3.28. The molecule has 0 spiro atoms. The van der Waals surface area contributed by atoms with Crippen LogP contribution in [0.15, 0.2) is 66.4 Å². The molecule has 0 amide bonds. The van der Waals surface area contributed by atoms with E-state index in [4.69, 9.17) is 4.74 Å². The summed E-state index contributed by atoms with van der Waals surface area (Å²) in [7, 11) is 0. The SMILES string of the molecule is C.C.C=C(CC)c1ccc(/C(C)=C/C2=C(C)C(c3ccc(C(C)(C)C4CCOCC4)c(C#CC)c3)=CCN2)c(C)c1.CC.CC. The first-order valence-corrected chi connectivity index (χ1v) is 16.5. The molecule has 2 aromatic carbocycles. The van der Waals surface area contributed by atoms with E-state index in [2.05, 4.69) is 114 Å². The third-order valence-corrected chi connectivity index (χ3v) is 8.78. The highest BCUT2D eigenvalue weighted by Crippen LogP contribution is 2.40. The van der Waals surface area contributed by atoms with Gasteiger partial charge in [0, 0.05) is 31.0 Å². The molecule has 4 rings (SSSR count). The second-order valence-corrected chi connectivity index (χ2v) is 11.6. The Morgan fingerprint density at radius 1 is 1.02 bits per heavy atom. The summed E-state index contributed by atoms with van der Waals surface area (Å²) in [4.78, 5) is 0. The van der Waals surface area contributed by atoms with Crippen LogP contribution in [0, 0.1) is 24.7 Å². The smallest absolute Gasteiger partial charge is 0.0469 e. The summed E-state index contributed by atoms with van der Waals surface area (Å²) in [6.07, 6.45) is 7.79. The number of allylic oxidation sites excluding steroid dienone is 5. The molecule has 0 atom stereocenters. The van der Waals surface area contributed by atoms with Crippen molar-refractivity contribution in [1.82, 2.24) is 5.32 Å². The van der Waals surface area contributed by atoms with Crippen LogP contribution >= 0.6 is 0 Å². The first-order valence-electron chi connectivity index (χ1n) is 16.5. The number of hydrogen-bond acceptors (Lipinski definition) is 2. The lowest BCUT2D eigenvalue weighted by molar-refractivity contribution is 0.0436. The van der Waals surface area contributed by atoms with E-state index in [1.54, 1.807) is 0 Å². The van der Waals surface area contributed by atoms with Crippen molar-refractivity contribution in [3.8, 4) is 11.8 Å². The highest BCUT2D eigenvalue weighted by atomic mass is 16.5. The monoisotopic (exact) mass is 612 g/mol. The Bertz CT molecular complexity index is 1400. The van der Waals surface area contributed by atoms with Gasteiger partial charge in [-0.2, -0.15) is 0 Å². The van der Waals surface area contributed by atoms with Gasteiger partial charge < -0.3 is 10.1 Å². The molecule has 0 bridgehead atoms. The molecule has 248 valence electrons. The molecule has 0 radical (unpaired) electrons. The molecule has 2 aliphatic heterocycles. The molecule has 1 saturated heterocycles. The number of dihydropyridines is 1. The molecule has 1 fully saturated rings. The van der Waals surface area contributed by atoms with Gasteiger partial charge in [-0.25, -0.2) is 0 Å². The van der Waals surface area contributed by atoms with Gasteiger partial charge in [0.2, 0.25) is 0 Å². The van der Waals surface area contributed by atoms with Crippen LogP contribution in [0.25, 0.3) is 16.7 Å². The maximum Gasteiger partial charge on any atom is 0.0469 e. The summed E-state index contributed by atoms with van der Waals surface area (Å²) < 4.78 is 5.66. The van der Waals surface area contributed by atoms with Crippen molar-refractivity contribution in [3.05, 3.63) is 99.8 Å². The molecule has 0 aliphatic carbocycles. The van der Waals surface area contributed by atoms with Gasteiger partial charge in [-0.3, -0.25) is 0 Å². The first kappa shape index (κ1) is 41.7. The number of ether oxygens (including phenoxy) is 1. The normalized spacial score (nSPS) is 14.8. The van der Waals surface area contributed by atoms with E-state index in [0.717, 1.165) is 44.6 Å². The van der Waals surface area contributed by atoms with Crippen molar-refractivity contribution in [1.29, 1.82) is 0 Å². The van der Waals surface area contributed by atoms with Gasteiger partial charge in [0.1, 0.15) is 0 Å². The predicted molar refractivity (Wildman–Crippen MR) is 205 cm³/mol. The lowest BCUT2D eigenvalue weighted by atomic mass is 9.68. The molecule has 2 heterocycles. The molecule has 0 unspecified atom stereocenters. The van der Waals surface area contributed by atoms with Crippen LogP contribution in [-0.2, 0) is 10.2 Å². The molecule has 45 heavy (non-hydrogen) atoms. The fourth-order valence-corrected chi connectivity index (χ4v) is 6.16. The maximum absolute atomic E-state index is 5.66. The third kappa shape index (κ3) is 10.1. The molecule has 2 aromatic rings. The van der Waals surface area contributed by atoms with Crippen molar-refractivity contribution in [3.63, 3.8) is 0 Å². The van der Waals surface area contributed by atoms with Crippen LogP contribution in [0.4, 0.5) is 0 Å². The number of benzene rings is 2. The van der Waals surface area contributed by atoms with Gasteiger partial charge in [0.05, 0.1) is 0 Å². The quantitative estimate of drug-likeness (QED) is 0.314. The number of rotatable bonds is 7. The zero-order valence-corrected chi connectivity index (χ0v) is 29.1. The minimum absolute atomic E-state index is 0. The van der Waals surface area contributed by atoms with Gasteiger partial charge in [-0.05, 0) is 121 Å². The van der Waals surface area contributed by atoms with Crippen LogP contribution in [0.2, 0.25) is 0 Å². The van der Waals surface area contributed by atoms with Crippen molar-refractivity contribution >= 4 is 16.7 Å². The van der Waals surface area contributed by atoms with E-state index in [1.807, 2.05) is 34.6 Å². The molecular formula is C43H65NO. The Morgan fingerprint density at radius 2 is 1.67 bits per heavy atom. The fraction of sp³-hybridized carbons (Fsp3) is 0.488. The molecule has 1 N–H and O–H groups in total. The molecule has 2 nitrogen and oxygen atoms in total. The second kappa shape index (κ2) is 20.0. The average molecular weight is 612 g/mol. The lowest BCUT2D eigenvalue weighted by Gasteiger charge is -2.38. The van der Waals surface area contributed by atoms with Gasteiger partial charge in [-0.15, -0.1) is 5.92 Å². The fourth-order valence-electron chi connectivity index (χ4n) is 6.16. The zero-order chi connectivity index (χ0) is 32.2. The molecular weight excluding hydrogens is 546 g/mol. The van der Waals surface area contributed by atoms with E-state index in [1.165, 1.54) is 55.8 Å². The molecule has 2 heteroatoms. The summed E-state index contributed by atoms with van der Waals surface area (Å²) in [5.41, 5.74) is 13.8. The minimum atomic E-state index is 0. The largest absolute Gasteiger partial charge is 0.381 e. The summed E-state index contributed by atoms with van der Waals surface area (Å²) in [6.45, 7) is 30.2. The summed E-state index contributed by atoms with van der Waals surface area (Å²) in [5.74, 6) is 7.23. The van der Waals surface area contributed by atoms with Crippen LogP contribution in [-0.4, -0.2) is 19.8 Å². The average Bonchev–Trinajstić information content (AvgIpc) is 3.04. The van der Waals surface area contributed by atoms with Crippen LogP contribution in [0.3, 0.4) is 0 Å². The van der Waals surface area contributed by atoms with E-state index in [9.17, 15) is 0 Å². The van der Waals surface area contributed by atoms with E-state index >= 15 is 0 Å². The number of hydrogen-bond donors (Lipinski definition) is 1. The highest BCUT2D eigenvalue weighted by Gasteiger charge is 2.34. The van der Waals surface area contributed by atoms with Gasteiger partial charge in [0.15, 0.2) is 0 Å². The van der Waals surface area contributed by atoms with Crippen LogP contribution in [0.1, 0.15) is 137 Å². The Morgan fingerprint density at radius 3 is 2.24 bits per heavy atom. The minimum Gasteiger partial charge on any atom is -0.381 e. The van der Waals surface area contributed by atoms with E-state index in [0.29, 0.717) is 5.92 Å². The standard InChI is InChI=1S/C37H45NO.2C2H6.2CH4/c1-9-11-31-24-30(13-15-35(31)37(7,8)32-17-20-39-21-18-32)34-16-19-38-36(28(34)6)23-27(5)33-14-12-29(22-26(33)4)25(3)10-2;2*1-2;;/h12-16,22-24,32,38H,3,10,17-21H2,1-2,4-8H3;2*1-2H3;2*1H4/b27-23+;;;;. The lowest BCUT2D eigenvalue weighted by Crippen LogP contribution is -2.34. The Balaban J connectivity index is 0.00000310. The van der Waals surface area contributed by atoms with Gasteiger partial charge in [-0.1, -0.05) is 112 Å². The van der Waals surface area contributed by atoms with Crippen molar-refractivity contribution < 1.29 is 4.74 Å². The van der Waals surface area contributed by atoms with Gasteiger partial charge in [0.25, 0.3) is 0 Å². The molecule has 0 aromatic heterocycles. The second-order valence-electron chi connectivity index (χ2n) is 11.6. The van der Waals surface area contributed by atoms with Crippen LogP contribution in [0.5, 0.6) is 0 Å². The summed E-state index contributed by atoms with van der Waals surface area (Å²) in [5, 5.41) is 3.62. The molecule has 2 aliphatic rings. The predicted octanol–water partition coefficient (Wildman–Crippen LogP) is 12.2. The van der Waals surface area contributed by atoms with Crippen LogP contribution < -0.4 is 5.32 Å². The third-order valence-electron chi connectivity index (χ3n) is 8.78. The summed E-state index contributed by atoms with van der Waals surface area (Å²) >= 11 is 0. The Kier molecular flexibility index (Phi) is 18.5. The maximum atomic E-state index is 5.66. The number of aryl methyl sites for hydroxylation is 1. The topological polar surface area (TPSA) is 21.3 Å². The zero-order valence-electron chi connectivity index (χ0n) is 29.1. The Labute approximate surface area is 279 Å². The highest BCUT2D eigenvalue weighted by molar-refractivity contribution is 5.83. The number of nitrogens with one attached hydrogen (secondary N) is 1. The van der Waals surface area contributed by atoms with Crippen molar-refractivity contribution in [2.24, 2.45) is 5.92 Å². The van der Waals surface area contributed by atoms with Crippen molar-refractivity contribution in [2.75, 3.05) is 19.8 Å². The van der Waals surface area contributed by atoms with Crippen molar-refractivity contribution in [2.45, 2.75) is 116 Å². The first-order chi connectivity index (χ1) is 20.7. The summed E-state index contributed by atoms with van der Waals surface area (Å²) in [6, 6.07) is 13.6. The molecule has 0 saturated carbocycles.